The molecule has 0 heterocycles. The zero-order chi connectivity index (χ0) is 10.6. The molecule has 0 aromatic rings. The summed E-state index contributed by atoms with van der Waals surface area (Å²) in [5.74, 6) is 0.120. The molecule has 0 aromatic carbocycles. The van der Waals surface area contributed by atoms with E-state index in [4.69, 9.17) is 0 Å². The van der Waals surface area contributed by atoms with E-state index in [0.29, 0.717) is 5.92 Å². The molecule has 0 aromatic heterocycles. The van der Waals surface area contributed by atoms with Crippen LogP contribution in [0.5, 0.6) is 0 Å². The van der Waals surface area contributed by atoms with E-state index < -0.39 is 12.1 Å². The number of carbonyl (C=O) groups excluding carboxylic acids is 1. The number of hydrogen-bond acceptors (Lipinski definition) is 3. The Morgan fingerprint density at radius 3 is 2.71 bits per heavy atom. The van der Waals surface area contributed by atoms with Gasteiger partial charge in [-0.3, -0.25) is 0 Å². The maximum Gasteiger partial charge on any atom is 0.334 e. The fourth-order valence-electron chi connectivity index (χ4n) is 2.45. The average molecular weight is 200 g/mol. The standard InChI is InChI=1S/C11H20O3/c1-3-8-6-4-5-7-9(8)10(12)11(13)14-2/h8-10,12H,3-7H2,1-2H3. The number of methoxy groups -OCH3 is 1. The zero-order valence-corrected chi connectivity index (χ0v) is 9.03. The molecule has 0 aliphatic heterocycles. The highest BCUT2D eigenvalue weighted by Crippen LogP contribution is 2.34. The van der Waals surface area contributed by atoms with Crippen molar-refractivity contribution in [3.05, 3.63) is 0 Å². The fraction of sp³-hybridized carbons (Fsp3) is 0.909. The van der Waals surface area contributed by atoms with Crippen molar-refractivity contribution in [1.29, 1.82) is 0 Å². The van der Waals surface area contributed by atoms with Crippen LogP contribution in [0.4, 0.5) is 0 Å². The molecule has 3 heteroatoms. The first-order valence-electron chi connectivity index (χ1n) is 5.46. The number of rotatable bonds is 3. The third-order valence-corrected chi connectivity index (χ3v) is 3.34. The molecular weight excluding hydrogens is 180 g/mol. The normalized spacial score (nSPS) is 29.6. The maximum absolute atomic E-state index is 11.2. The lowest BCUT2D eigenvalue weighted by Crippen LogP contribution is -2.36. The van der Waals surface area contributed by atoms with Gasteiger partial charge < -0.3 is 9.84 Å². The van der Waals surface area contributed by atoms with Crippen LogP contribution in [0.3, 0.4) is 0 Å². The molecule has 1 N–H and O–H groups in total. The van der Waals surface area contributed by atoms with Gasteiger partial charge in [0.2, 0.25) is 0 Å². The first kappa shape index (κ1) is 11.5. The van der Waals surface area contributed by atoms with Crippen molar-refractivity contribution >= 4 is 5.97 Å². The molecule has 1 saturated carbocycles. The number of esters is 1. The van der Waals surface area contributed by atoms with E-state index in [1.165, 1.54) is 13.5 Å². The number of hydrogen-bond donors (Lipinski definition) is 1. The molecule has 1 rings (SSSR count). The lowest BCUT2D eigenvalue weighted by Gasteiger charge is -2.32. The van der Waals surface area contributed by atoms with Gasteiger partial charge in [0.05, 0.1) is 7.11 Å². The lowest BCUT2D eigenvalue weighted by atomic mass is 9.75. The summed E-state index contributed by atoms with van der Waals surface area (Å²) < 4.78 is 4.57. The fourth-order valence-corrected chi connectivity index (χ4v) is 2.45. The Kier molecular flexibility index (Phi) is 4.39. The quantitative estimate of drug-likeness (QED) is 0.706. The number of carbonyl (C=O) groups is 1. The summed E-state index contributed by atoms with van der Waals surface area (Å²) in [6.07, 6.45) is 4.56. The van der Waals surface area contributed by atoms with Crippen molar-refractivity contribution in [3.8, 4) is 0 Å². The van der Waals surface area contributed by atoms with Crippen LogP contribution in [0.15, 0.2) is 0 Å². The van der Waals surface area contributed by atoms with Crippen molar-refractivity contribution in [2.24, 2.45) is 11.8 Å². The van der Waals surface area contributed by atoms with Gasteiger partial charge in [-0.1, -0.05) is 32.6 Å². The second-order valence-electron chi connectivity index (χ2n) is 4.08. The van der Waals surface area contributed by atoms with E-state index in [1.54, 1.807) is 0 Å². The minimum Gasteiger partial charge on any atom is -0.467 e. The summed E-state index contributed by atoms with van der Waals surface area (Å²) in [5, 5.41) is 9.77. The van der Waals surface area contributed by atoms with E-state index in [-0.39, 0.29) is 5.92 Å². The molecule has 0 saturated heterocycles. The predicted molar refractivity (Wildman–Crippen MR) is 53.8 cm³/mol. The van der Waals surface area contributed by atoms with E-state index in [1.807, 2.05) is 0 Å². The van der Waals surface area contributed by atoms with Crippen LogP contribution >= 0.6 is 0 Å². The maximum atomic E-state index is 11.2. The average Bonchev–Trinajstić information content (AvgIpc) is 2.26. The second kappa shape index (κ2) is 5.35. The second-order valence-corrected chi connectivity index (χ2v) is 4.08. The van der Waals surface area contributed by atoms with E-state index in [2.05, 4.69) is 11.7 Å². The first-order valence-corrected chi connectivity index (χ1v) is 5.46. The third kappa shape index (κ3) is 2.47. The molecule has 1 aliphatic carbocycles. The van der Waals surface area contributed by atoms with Gasteiger partial charge in [0.1, 0.15) is 0 Å². The molecule has 0 radical (unpaired) electrons. The summed E-state index contributed by atoms with van der Waals surface area (Å²) in [6.45, 7) is 2.12. The molecule has 14 heavy (non-hydrogen) atoms. The first-order chi connectivity index (χ1) is 6.70. The largest absolute Gasteiger partial charge is 0.467 e. The van der Waals surface area contributed by atoms with Crippen molar-refractivity contribution in [2.45, 2.75) is 45.1 Å². The summed E-state index contributed by atoms with van der Waals surface area (Å²) in [6, 6.07) is 0. The molecule has 0 spiro atoms. The summed E-state index contributed by atoms with van der Waals surface area (Å²) in [4.78, 5) is 11.2. The molecule has 1 aliphatic rings. The van der Waals surface area contributed by atoms with E-state index >= 15 is 0 Å². The molecule has 0 bridgehead atoms. The Balaban J connectivity index is 2.58. The minimum absolute atomic E-state index is 0.112. The number of aliphatic hydroxyl groups excluding tert-OH is 1. The van der Waals surface area contributed by atoms with E-state index in [0.717, 1.165) is 25.7 Å². The number of aliphatic hydroxyl groups is 1. The molecule has 82 valence electrons. The molecule has 0 amide bonds. The Morgan fingerprint density at radius 2 is 2.14 bits per heavy atom. The van der Waals surface area contributed by atoms with Crippen molar-refractivity contribution in [3.63, 3.8) is 0 Å². The molecule has 3 atom stereocenters. The van der Waals surface area contributed by atoms with Gasteiger partial charge in [0, 0.05) is 0 Å². The summed E-state index contributed by atoms with van der Waals surface area (Å²) in [5.41, 5.74) is 0. The highest BCUT2D eigenvalue weighted by Gasteiger charge is 2.34. The zero-order valence-electron chi connectivity index (χ0n) is 9.03. The monoisotopic (exact) mass is 200 g/mol. The van der Waals surface area contributed by atoms with Gasteiger partial charge in [-0.25, -0.2) is 4.79 Å². The van der Waals surface area contributed by atoms with Gasteiger partial charge in [-0.15, -0.1) is 0 Å². The van der Waals surface area contributed by atoms with Gasteiger partial charge in [-0.05, 0) is 18.3 Å². The summed E-state index contributed by atoms with van der Waals surface area (Å²) in [7, 11) is 1.33. The summed E-state index contributed by atoms with van der Waals surface area (Å²) >= 11 is 0. The molecular formula is C11H20O3. The van der Waals surface area contributed by atoms with Crippen LogP contribution in [-0.2, 0) is 9.53 Å². The van der Waals surface area contributed by atoms with Crippen molar-refractivity contribution in [1.82, 2.24) is 0 Å². The van der Waals surface area contributed by atoms with Crippen LogP contribution in [0.25, 0.3) is 0 Å². The van der Waals surface area contributed by atoms with E-state index in [9.17, 15) is 9.90 Å². The topological polar surface area (TPSA) is 46.5 Å². The van der Waals surface area contributed by atoms with Gasteiger partial charge >= 0.3 is 5.97 Å². The Bertz CT molecular complexity index is 191. The van der Waals surface area contributed by atoms with Crippen LogP contribution in [-0.4, -0.2) is 24.3 Å². The Labute approximate surface area is 85.5 Å². The Morgan fingerprint density at radius 1 is 1.50 bits per heavy atom. The number of ether oxygens (including phenoxy) is 1. The minimum atomic E-state index is -0.912. The third-order valence-electron chi connectivity index (χ3n) is 3.34. The highest BCUT2D eigenvalue weighted by molar-refractivity contribution is 5.74. The van der Waals surface area contributed by atoms with Gasteiger partial charge in [0.25, 0.3) is 0 Å². The highest BCUT2D eigenvalue weighted by atomic mass is 16.5. The molecule has 1 fully saturated rings. The van der Waals surface area contributed by atoms with Crippen molar-refractivity contribution < 1.29 is 14.6 Å². The van der Waals surface area contributed by atoms with Crippen molar-refractivity contribution in [2.75, 3.05) is 7.11 Å². The van der Waals surface area contributed by atoms with Gasteiger partial charge in [-0.2, -0.15) is 0 Å². The smallest absolute Gasteiger partial charge is 0.334 e. The lowest BCUT2D eigenvalue weighted by molar-refractivity contribution is -0.155. The van der Waals surface area contributed by atoms with Crippen LogP contribution < -0.4 is 0 Å². The van der Waals surface area contributed by atoms with Gasteiger partial charge in [0.15, 0.2) is 6.10 Å². The molecule has 3 unspecified atom stereocenters. The molecule has 3 nitrogen and oxygen atoms in total. The Hall–Kier alpha value is -0.570. The van der Waals surface area contributed by atoms with Crippen LogP contribution in [0.2, 0.25) is 0 Å². The SMILES string of the molecule is CCC1CCCCC1C(O)C(=O)OC. The predicted octanol–water partition coefficient (Wildman–Crippen LogP) is 1.74. The van der Waals surface area contributed by atoms with Crippen LogP contribution in [0, 0.1) is 11.8 Å². The van der Waals surface area contributed by atoms with Crippen LogP contribution in [0.1, 0.15) is 39.0 Å².